The molecule has 1 aliphatic rings. The van der Waals surface area contributed by atoms with Crippen LogP contribution in [0.1, 0.15) is 18.4 Å². The fourth-order valence-corrected chi connectivity index (χ4v) is 2.77. The lowest BCUT2D eigenvalue weighted by molar-refractivity contribution is 0.408. The molecule has 0 saturated heterocycles. The molecule has 0 unspecified atom stereocenters. The number of benzene rings is 2. The lowest BCUT2D eigenvalue weighted by atomic mass is 10.2. The fraction of sp³-hybridized carbons (Fsp3) is 0.278. The van der Waals surface area contributed by atoms with Crippen LogP contribution >= 0.6 is 12.2 Å². The van der Waals surface area contributed by atoms with Gasteiger partial charge in [-0.05, 0) is 54.9 Å². The van der Waals surface area contributed by atoms with Crippen molar-refractivity contribution in [3.63, 3.8) is 0 Å². The number of thiocarbonyl (C=S) groups is 1. The van der Waals surface area contributed by atoms with Gasteiger partial charge >= 0.3 is 0 Å². The summed E-state index contributed by atoms with van der Waals surface area (Å²) in [6.45, 7) is 0.681. The topological polar surface area (TPSA) is 24.5 Å². The summed E-state index contributed by atoms with van der Waals surface area (Å²) in [4.78, 5) is 2.17. The van der Waals surface area contributed by atoms with Crippen LogP contribution in [0.15, 0.2) is 48.5 Å². The van der Waals surface area contributed by atoms with Gasteiger partial charge < -0.3 is 15.0 Å². The molecule has 120 valence electrons. The molecule has 1 fully saturated rings. The van der Waals surface area contributed by atoms with E-state index in [2.05, 4.69) is 10.2 Å². The zero-order valence-corrected chi connectivity index (χ0v) is 13.8. The van der Waals surface area contributed by atoms with Gasteiger partial charge in [0.2, 0.25) is 0 Å². The first kappa shape index (κ1) is 15.7. The van der Waals surface area contributed by atoms with E-state index in [-0.39, 0.29) is 5.82 Å². The molecule has 0 aromatic heterocycles. The molecule has 0 atom stereocenters. The molecule has 3 nitrogen and oxygen atoms in total. The maximum atomic E-state index is 13.0. The average molecular weight is 330 g/mol. The summed E-state index contributed by atoms with van der Waals surface area (Å²) in [5.74, 6) is 0.568. The molecule has 1 aliphatic carbocycles. The van der Waals surface area contributed by atoms with Crippen LogP contribution in [0.5, 0.6) is 5.75 Å². The van der Waals surface area contributed by atoms with Crippen molar-refractivity contribution in [2.45, 2.75) is 25.4 Å². The van der Waals surface area contributed by atoms with Crippen molar-refractivity contribution in [3.05, 3.63) is 59.9 Å². The Bertz CT molecular complexity index is 686. The Kier molecular flexibility index (Phi) is 4.76. The lowest BCUT2D eigenvalue weighted by Crippen LogP contribution is -2.36. The minimum absolute atomic E-state index is 0.219. The summed E-state index contributed by atoms with van der Waals surface area (Å²) in [6, 6.07) is 14.7. The number of hydrogen-bond acceptors (Lipinski definition) is 2. The number of anilines is 1. The smallest absolute Gasteiger partial charge is 0.173 e. The van der Waals surface area contributed by atoms with Crippen LogP contribution in [0, 0.1) is 5.82 Å². The molecule has 3 rings (SSSR count). The minimum atomic E-state index is -0.219. The van der Waals surface area contributed by atoms with E-state index in [1.165, 1.54) is 12.1 Å². The highest BCUT2D eigenvalue weighted by molar-refractivity contribution is 7.80. The molecule has 1 saturated carbocycles. The van der Waals surface area contributed by atoms with E-state index in [0.29, 0.717) is 17.7 Å². The highest BCUT2D eigenvalue weighted by Crippen LogP contribution is 2.29. The van der Waals surface area contributed by atoms with E-state index in [1.54, 1.807) is 19.2 Å². The van der Waals surface area contributed by atoms with E-state index in [1.807, 2.05) is 24.3 Å². The van der Waals surface area contributed by atoms with Gasteiger partial charge in [0.15, 0.2) is 5.11 Å². The minimum Gasteiger partial charge on any atom is -0.497 e. The Morgan fingerprint density at radius 2 is 2.00 bits per heavy atom. The van der Waals surface area contributed by atoms with Gasteiger partial charge in [0, 0.05) is 24.3 Å². The molecule has 2 aromatic carbocycles. The van der Waals surface area contributed by atoms with E-state index in [9.17, 15) is 4.39 Å². The van der Waals surface area contributed by atoms with Crippen LogP contribution in [-0.4, -0.2) is 23.2 Å². The summed E-state index contributed by atoms with van der Waals surface area (Å²) in [6.07, 6.45) is 2.28. The lowest BCUT2D eigenvalue weighted by Gasteiger charge is -2.26. The van der Waals surface area contributed by atoms with Crippen molar-refractivity contribution in [1.82, 2.24) is 4.90 Å². The van der Waals surface area contributed by atoms with Gasteiger partial charge in [-0.1, -0.05) is 18.2 Å². The quantitative estimate of drug-likeness (QED) is 0.831. The zero-order chi connectivity index (χ0) is 16.2. The SMILES string of the molecule is COc1cccc(NC(=S)N(Cc2ccc(F)cc2)C2CC2)c1. The first-order valence-corrected chi connectivity index (χ1v) is 8.02. The fourth-order valence-electron chi connectivity index (χ4n) is 2.44. The second-order valence-electron chi connectivity index (χ2n) is 5.65. The molecular weight excluding hydrogens is 311 g/mol. The van der Waals surface area contributed by atoms with Crippen molar-refractivity contribution in [1.29, 1.82) is 0 Å². The standard InChI is InChI=1S/C18H19FN2OS/c1-22-17-4-2-3-15(11-17)20-18(23)21(16-9-10-16)12-13-5-7-14(19)8-6-13/h2-8,11,16H,9-10,12H2,1H3,(H,20,23). The van der Waals surface area contributed by atoms with E-state index in [4.69, 9.17) is 17.0 Å². The molecule has 0 radical (unpaired) electrons. The van der Waals surface area contributed by atoms with Crippen molar-refractivity contribution in [2.75, 3.05) is 12.4 Å². The highest BCUT2D eigenvalue weighted by Gasteiger charge is 2.30. The summed E-state index contributed by atoms with van der Waals surface area (Å²) in [5, 5.41) is 3.96. The van der Waals surface area contributed by atoms with Gasteiger partial charge in [0.05, 0.1) is 7.11 Å². The number of ether oxygens (including phenoxy) is 1. The molecule has 1 N–H and O–H groups in total. The number of halogens is 1. The second kappa shape index (κ2) is 6.96. The molecule has 0 spiro atoms. The molecular formula is C18H19FN2OS. The van der Waals surface area contributed by atoms with Crippen molar-refractivity contribution in [3.8, 4) is 5.75 Å². The summed E-state index contributed by atoms with van der Waals surface area (Å²) in [5.41, 5.74) is 1.95. The van der Waals surface area contributed by atoms with Gasteiger partial charge in [0.25, 0.3) is 0 Å². The van der Waals surface area contributed by atoms with Gasteiger partial charge in [-0.15, -0.1) is 0 Å². The maximum Gasteiger partial charge on any atom is 0.173 e. The molecule has 0 bridgehead atoms. The summed E-state index contributed by atoms with van der Waals surface area (Å²) in [7, 11) is 1.64. The number of hydrogen-bond donors (Lipinski definition) is 1. The van der Waals surface area contributed by atoms with Gasteiger partial charge in [-0.2, -0.15) is 0 Å². The molecule has 5 heteroatoms. The van der Waals surface area contributed by atoms with Gasteiger partial charge in [0.1, 0.15) is 11.6 Å². The first-order chi connectivity index (χ1) is 11.2. The summed E-state index contributed by atoms with van der Waals surface area (Å²) < 4.78 is 18.3. The molecule has 0 amide bonds. The van der Waals surface area contributed by atoms with Gasteiger partial charge in [-0.25, -0.2) is 4.39 Å². The van der Waals surface area contributed by atoms with Crippen LogP contribution in [0.2, 0.25) is 0 Å². The predicted molar refractivity (Wildman–Crippen MR) is 94.2 cm³/mol. The molecule has 2 aromatic rings. The first-order valence-electron chi connectivity index (χ1n) is 7.62. The Hall–Kier alpha value is -2.14. The van der Waals surface area contributed by atoms with Crippen LogP contribution in [0.3, 0.4) is 0 Å². The maximum absolute atomic E-state index is 13.0. The Morgan fingerprint density at radius 1 is 1.26 bits per heavy atom. The average Bonchev–Trinajstić information content (AvgIpc) is 3.39. The van der Waals surface area contributed by atoms with Crippen LogP contribution in [-0.2, 0) is 6.54 Å². The predicted octanol–water partition coefficient (Wildman–Crippen LogP) is 4.20. The normalized spacial score (nSPS) is 13.5. The third kappa shape index (κ3) is 4.20. The third-order valence-corrected chi connectivity index (χ3v) is 4.17. The molecule has 23 heavy (non-hydrogen) atoms. The third-order valence-electron chi connectivity index (χ3n) is 3.84. The van der Waals surface area contributed by atoms with Crippen LogP contribution in [0.4, 0.5) is 10.1 Å². The van der Waals surface area contributed by atoms with Crippen LogP contribution in [0.25, 0.3) is 0 Å². The van der Waals surface area contributed by atoms with E-state index >= 15 is 0 Å². The molecule has 0 heterocycles. The largest absolute Gasteiger partial charge is 0.497 e. The van der Waals surface area contributed by atoms with Crippen molar-refractivity contribution < 1.29 is 9.13 Å². The van der Waals surface area contributed by atoms with Crippen molar-refractivity contribution >= 4 is 23.0 Å². The Labute approximate surface area is 141 Å². The Balaban J connectivity index is 1.70. The van der Waals surface area contributed by atoms with E-state index in [0.717, 1.165) is 29.8 Å². The van der Waals surface area contributed by atoms with Crippen molar-refractivity contribution in [2.24, 2.45) is 0 Å². The number of nitrogens with one attached hydrogen (secondary N) is 1. The van der Waals surface area contributed by atoms with E-state index < -0.39 is 0 Å². The Morgan fingerprint density at radius 3 is 2.65 bits per heavy atom. The second-order valence-corrected chi connectivity index (χ2v) is 6.03. The number of rotatable bonds is 5. The molecule has 0 aliphatic heterocycles. The highest BCUT2D eigenvalue weighted by atomic mass is 32.1. The summed E-state index contributed by atoms with van der Waals surface area (Å²) >= 11 is 5.58. The van der Waals surface area contributed by atoms with Gasteiger partial charge in [-0.3, -0.25) is 0 Å². The zero-order valence-electron chi connectivity index (χ0n) is 13.0. The number of methoxy groups -OCH3 is 1. The van der Waals surface area contributed by atoms with Crippen LogP contribution < -0.4 is 10.1 Å². The monoisotopic (exact) mass is 330 g/mol. The number of nitrogens with zero attached hydrogens (tertiary/aromatic N) is 1.